The van der Waals surface area contributed by atoms with Gasteiger partial charge in [0.25, 0.3) is 0 Å². The Morgan fingerprint density at radius 3 is 1.18 bits per heavy atom. The number of piperidine rings is 2. The van der Waals surface area contributed by atoms with E-state index in [-0.39, 0.29) is 0 Å². The summed E-state index contributed by atoms with van der Waals surface area (Å²) in [6.45, 7) is 9.92. The third-order valence-corrected chi connectivity index (χ3v) is 9.33. The van der Waals surface area contributed by atoms with Gasteiger partial charge >= 0.3 is 0 Å². The van der Waals surface area contributed by atoms with Crippen molar-refractivity contribution >= 4 is 5.69 Å². The molecule has 50 heavy (non-hydrogen) atoms. The SMILES string of the molecule is CC1CCCCC1.CN1CCCCC1.Cc1ccccc1.NC1CCCCC1.NCc1ccccc1.NN1CCCCC1.Nc1ccccc1. The second-order valence-electron chi connectivity index (χ2n) is 14.4. The number of nitrogen functional groups attached to an aromatic ring is 1. The van der Waals surface area contributed by atoms with Crippen LogP contribution >= 0.6 is 0 Å². The molecule has 6 nitrogen and oxygen atoms in total. The van der Waals surface area contributed by atoms with Crippen molar-refractivity contribution in [2.75, 3.05) is 39.0 Å². The molecular weight excluding hydrogens is 613 g/mol. The number of hydrazine groups is 1. The van der Waals surface area contributed by atoms with Crippen LogP contribution in [0, 0.1) is 12.8 Å². The number of anilines is 1. The van der Waals surface area contributed by atoms with E-state index in [1.807, 2.05) is 83.9 Å². The van der Waals surface area contributed by atoms with E-state index in [2.05, 4.69) is 37.9 Å². The molecule has 2 aliphatic carbocycles. The Kier molecular flexibility index (Phi) is 29.1. The van der Waals surface area contributed by atoms with E-state index in [1.54, 1.807) is 0 Å². The van der Waals surface area contributed by atoms with Crippen LogP contribution in [0.1, 0.15) is 121 Å². The molecule has 0 spiro atoms. The Labute approximate surface area is 308 Å². The molecule has 3 aromatic carbocycles. The van der Waals surface area contributed by atoms with E-state index in [1.165, 1.54) is 127 Å². The Hall–Kier alpha value is -2.74. The van der Waals surface area contributed by atoms with Crippen LogP contribution in [0.25, 0.3) is 0 Å². The first-order valence-corrected chi connectivity index (χ1v) is 19.8. The standard InChI is InChI=1S/C7H9N.C7H14.C7H8.2C6H13N.C6H7N.C5H12N2/c8-6-7-4-2-1-3-5-7;3*1-7-5-3-2-4-6-7;2*7-6-4-2-1-3-5-6;6-7-4-2-1-3-5-7/h1-5H,6,8H2;7H,2-6H2,1H3;2-6H,1H3;2-6H2,1H3;6H,1-5,7H2;1-5H,7H2;1-6H2. The molecule has 0 unspecified atom stereocenters. The Morgan fingerprint density at radius 1 is 0.560 bits per heavy atom. The second-order valence-corrected chi connectivity index (χ2v) is 14.4. The molecule has 7 rings (SSSR count). The van der Waals surface area contributed by atoms with Gasteiger partial charge in [-0.15, -0.1) is 0 Å². The highest BCUT2D eigenvalue weighted by Crippen LogP contribution is 2.22. The van der Waals surface area contributed by atoms with Gasteiger partial charge in [-0.3, -0.25) is 5.84 Å². The van der Waals surface area contributed by atoms with Gasteiger partial charge in [-0.05, 0) is 89.2 Å². The van der Waals surface area contributed by atoms with Gasteiger partial charge in [-0.1, -0.05) is 156 Å². The van der Waals surface area contributed by atoms with Crippen molar-refractivity contribution in [3.63, 3.8) is 0 Å². The van der Waals surface area contributed by atoms with Crippen LogP contribution in [0.4, 0.5) is 5.69 Å². The van der Waals surface area contributed by atoms with Crippen LogP contribution < -0.4 is 23.0 Å². The maximum absolute atomic E-state index is 5.63. The summed E-state index contributed by atoms with van der Waals surface area (Å²) >= 11 is 0. The number of hydrogen-bond donors (Lipinski definition) is 4. The second kappa shape index (κ2) is 32.2. The highest BCUT2D eigenvalue weighted by atomic mass is 15.4. The van der Waals surface area contributed by atoms with Crippen LogP contribution in [-0.4, -0.2) is 49.2 Å². The van der Waals surface area contributed by atoms with Gasteiger partial charge in [0.2, 0.25) is 0 Å². The van der Waals surface area contributed by atoms with Crippen LogP contribution in [0.5, 0.6) is 0 Å². The molecule has 4 aliphatic rings. The Morgan fingerprint density at radius 2 is 0.960 bits per heavy atom. The van der Waals surface area contributed by atoms with Gasteiger partial charge in [0, 0.05) is 31.4 Å². The number of para-hydroxylation sites is 1. The quantitative estimate of drug-likeness (QED) is 0.150. The lowest BCUT2D eigenvalue weighted by molar-refractivity contribution is 0.235. The zero-order valence-electron chi connectivity index (χ0n) is 32.4. The average Bonchev–Trinajstić information content (AvgIpc) is 3.16. The summed E-state index contributed by atoms with van der Waals surface area (Å²) in [5, 5.41) is 1.89. The minimum Gasteiger partial charge on any atom is -0.399 e. The monoisotopic (exact) mass is 689 g/mol. The number of hydrogen-bond acceptors (Lipinski definition) is 6. The van der Waals surface area contributed by atoms with Crippen molar-refractivity contribution in [1.82, 2.24) is 9.91 Å². The smallest absolute Gasteiger partial charge is 0.0313 e. The summed E-state index contributed by atoms with van der Waals surface area (Å²) in [6.07, 6.45) is 22.3. The van der Waals surface area contributed by atoms with E-state index in [9.17, 15) is 0 Å². The molecule has 6 heteroatoms. The lowest BCUT2D eigenvalue weighted by atomic mass is 9.91. The predicted molar refractivity (Wildman–Crippen MR) is 221 cm³/mol. The molecular formula is C44H76N6. The Balaban J connectivity index is 0.000000292. The van der Waals surface area contributed by atoms with E-state index < -0.39 is 0 Å². The van der Waals surface area contributed by atoms with Crippen molar-refractivity contribution < 1.29 is 0 Å². The van der Waals surface area contributed by atoms with Crippen LogP contribution in [-0.2, 0) is 6.54 Å². The van der Waals surface area contributed by atoms with Gasteiger partial charge in [-0.25, -0.2) is 5.01 Å². The molecule has 282 valence electrons. The van der Waals surface area contributed by atoms with E-state index in [0.717, 1.165) is 24.7 Å². The lowest BCUT2D eigenvalue weighted by Crippen LogP contribution is -2.35. The zero-order chi connectivity index (χ0) is 36.5. The van der Waals surface area contributed by atoms with Gasteiger partial charge in [-0.2, -0.15) is 0 Å². The van der Waals surface area contributed by atoms with E-state index >= 15 is 0 Å². The fourth-order valence-corrected chi connectivity index (χ4v) is 6.01. The molecule has 0 radical (unpaired) electrons. The third kappa shape index (κ3) is 29.0. The third-order valence-electron chi connectivity index (χ3n) is 9.33. The van der Waals surface area contributed by atoms with Crippen LogP contribution in [0.2, 0.25) is 0 Å². The fourth-order valence-electron chi connectivity index (χ4n) is 6.01. The fraction of sp³-hybridized carbons (Fsp3) is 0.591. The van der Waals surface area contributed by atoms with Crippen molar-refractivity contribution in [2.45, 2.75) is 129 Å². The van der Waals surface area contributed by atoms with Gasteiger partial charge in [0.15, 0.2) is 0 Å². The van der Waals surface area contributed by atoms with E-state index in [4.69, 9.17) is 23.0 Å². The maximum Gasteiger partial charge on any atom is 0.0313 e. The molecule has 8 N–H and O–H groups in total. The minimum absolute atomic E-state index is 0.536. The van der Waals surface area contributed by atoms with Gasteiger partial charge in [0.05, 0.1) is 0 Å². The average molecular weight is 689 g/mol. The number of nitrogens with two attached hydrogens (primary N) is 4. The van der Waals surface area contributed by atoms with Crippen LogP contribution in [0.3, 0.4) is 0 Å². The predicted octanol–water partition coefficient (Wildman–Crippen LogP) is 9.72. The summed E-state index contributed by atoms with van der Waals surface area (Å²) in [6, 6.07) is 30.3. The molecule has 3 aromatic rings. The van der Waals surface area contributed by atoms with Crippen molar-refractivity contribution in [1.29, 1.82) is 0 Å². The number of aryl methyl sites for hydroxylation is 1. The number of rotatable bonds is 1. The summed E-state index contributed by atoms with van der Waals surface area (Å²) in [5.74, 6) is 6.50. The first-order valence-electron chi connectivity index (χ1n) is 19.8. The molecule has 2 aliphatic heterocycles. The highest BCUT2D eigenvalue weighted by molar-refractivity contribution is 5.35. The summed E-state index contributed by atoms with van der Waals surface area (Å²) in [7, 11) is 2.19. The maximum atomic E-state index is 5.63. The normalized spacial score (nSPS) is 18.0. The lowest BCUT2D eigenvalue weighted by Gasteiger charge is -2.20. The highest BCUT2D eigenvalue weighted by Gasteiger charge is 2.07. The molecule has 0 amide bonds. The van der Waals surface area contributed by atoms with Crippen LogP contribution in [0.15, 0.2) is 91.0 Å². The van der Waals surface area contributed by atoms with E-state index in [0.29, 0.717) is 12.6 Å². The van der Waals surface area contributed by atoms with Gasteiger partial charge in [0.1, 0.15) is 0 Å². The molecule has 0 atom stereocenters. The molecule has 2 saturated carbocycles. The van der Waals surface area contributed by atoms with Crippen molar-refractivity contribution in [2.24, 2.45) is 23.2 Å². The zero-order valence-corrected chi connectivity index (χ0v) is 32.4. The molecule has 4 fully saturated rings. The summed E-state index contributed by atoms with van der Waals surface area (Å²) in [4.78, 5) is 2.39. The largest absolute Gasteiger partial charge is 0.399 e. The summed E-state index contributed by atoms with van der Waals surface area (Å²) in [5.41, 5.74) is 19.7. The number of nitrogens with zero attached hydrogens (tertiary/aromatic N) is 2. The van der Waals surface area contributed by atoms with Crippen molar-refractivity contribution in [3.8, 4) is 0 Å². The molecule has 0 aromatic heterocycles. The molecule has 2 saturated heterocycles. The summed E-state index contributed by atoms with van der Waals surface area (Å²) < 4.78 is 0. The topological polar surface area (TPSA) is 111 Å². The number of benzene rings is 3. The molecule has 0 bridgehead atoms. The minimum atomic E-state index is 0.536. The van der Waals surface area contributed by atoms with Crippen molar-refractivity contribution in [3.05, 3.63) is 102 Å². The van der Waals surface area contributed by atoms with Gasteiger partial charge < -0.3 is 22.1 Å². The first kappa shape index (κ1) is 45.3. The molecule has 2 heterocycles. The Bertz CT molecular complexity index is 972. The first-order chi connectivity index (χ1) is 24.3. The number of likely N-dealkylation sites (tertiary alicyclic amines) is 1.